The molecule has 3 rings (SSSR count). The summed E-state index contributed by atoms with van der Waals surface area (Å²) in [6.45, 7) is 0.492. The number of aryl methyl sites for hydroxylation is 1. The summed E-state index contributed by atoms with van der Waals surface area (Å²) in [6, 6.07) is 21.1. The Hall–Kier alpha value is -2.46. The molecule has 4 nitrogen and oxygen atoms in total. The highest BCUT2D eigenvalue weighted by Gasteiger charge is 2.13. The third-order valence-corrected chi connectivity index (χ3v) is 6.22. The Kier molecular flexibility index (Phi) is 8.21. The van der Waals surface area contributed by atoms with E-state index in [0.717, 1.165) is 22.2 Å². The predicted molar refractivity (Wildman–Crippen MR) is 123 cm³/mol. The predicted octanol–water partition coefficient (Wildman–Crippen LogP) is 6.50. The SMILES string of the molecule is N#C/C(=C/c1cc(Br)c(Sc2ccc(Cl)cc2)o1)C(=O)NCCCc1ccccc1. The molecule has 0 aliphatic carbocycles. The van der Waals surface area contributed by atoms with Crippen molar-refractivity contribution < 1.29 is 9.21 Å². The fourth-order valence-corrected chi connectivity index (χ4v) is 4.10. The summed E-state index contributed by atoms with van der Waals surface area (Å²) >= 11 is 10.8. The molecular formula is C23H18BrClN2O2S. The van der Waals surface area contributed by atoms with Gasteiger partial charge in [0, 0.05) is 22.5 Å². The van der Waals surface area contributed by atoms with Gasteiger partial charge in [-0.2, -0.15) is 5.26 Å². The van der Waals surface area contributed by atoms with Crippen LogP contribution in [-0.2, 0) is 11.2 Å². The van der Waals surface area contributed by atoms with Crippen molar-refractivity contribution in [3.63, 3.8) is 0 Å². The fraction of sp³-hybridized carbons (Fsp3) is 0.130. The molecule has 1 N–H and O–H groups in total. The lowest BCUT2D eigenvalue weighted by Crippen LogP contribution is -2.25. The highest BCUT2D eigenvalue weighted by molar-refractivity contribution is 9.10. The van der Waals surface area contributed by atoms with Gasteiger partial charge in [0.05, 0.1) is 4.47 Å². The molecule has 1 amide bonds. The van der Waals surface area contributed by atoms with Crippen molar-refractivity contribution in [3.05, 3.63) is 87.1 Å². The molecule has 1 aromatic heterocycles. The first-order valence-corrected chi connectivity index (χ1v) is 11.2. The van der Waals surface area contributed by atoms with Crippen LogP contribution < -0.4 is 5.32 Å². The number of rotatable bonds is 8. The van der Waals surface area contributed by atoms with Gasteiger partial charge >= 0.3 is 0 Å². The van der Waals surface area contributed by atoms with E-state index in [1.165, 1.54) is 23.4 Å². The first-order valence-electron chi connectivity index (χ1n) is 9.22. The van der Waals surface area contributed by atoms with E-state index >= 15 is 0 Å². The second-order valence-corrected chi connectivity index (χ2v) is 8.69. The highest BCUT2D eigenvalue weighted by Crippen LogP contribution is 2.36. The van der Waals surface area contributed by atoms with Gasteiger partial charge in [0.25, 0.3) is 5.91 Å². The van der Waals surface area contributed by atoms with Crippen LogP contribution in [0.15, 0.2) is 85.1 Å². The number of amides is 1. The zero-order chi connectivity index (χ0) is 21.3. The zero-order valence-corrected chi connectivity index (χ0v) is 19.1. The van der Waals surface area contributed by atoms with Gasteiger partial charge in [-0.3, -0.25) is 4.79 Å². The molecule has 2 aromatic carbocycles. The molecule has 0 saturated heterocycles. The highest BCUT2D eigenvalue weighted by atomic mass is 79.9. The third-order valence-electron chi connectivity index (χ3n) is 4.12. The van der Waals surface area contributed by atoms with Crippen molar-refractivity contribution in [3.8, 4) is 6.07 Å². The fourth-order valence-electron chi connectivity index (χ4n) is 2.64. The Bertz CT molecular complexity index is 1070. The van der Waals surface area contributed by atoms with Gasteiger partial charge in [-0.1, -0.05) is 53.7 Å². The molecule has 3 aromatic rings. The molecule has 0 radical (unpaired) electrons. The molecule has 0 aliphatic rings. The Morgan fingerprint density at radius 1 is 1.20 bits per heavy atom. The maximum atomic E-state index is 12.3. The number of halogens is 2. The number of hydrogen-bond acceptors (Lipinski definition) is 4. The minimum atomic E-state index is -0.412. The van der Waals surface area contributed by atoms with Crippen molar-refractivity contribution in [2.45, 2.75) is 22.8 Å². The lowest BCUT2D eigenvalue weighted by Gasteiger charge is -2.04. The number of carbonyl (C=O) groups excluding carboxylic acids is 1. The number of nitriles is 1. The lowest BCUT2D eigenvalue weighted by molar-refractivity contribution is -0.117. The Balaban J connectivity index is 1.58. The monoisotopic (exact) mass is 500 g/mol. The summed E-state index contributed by atoms with van der Waals surface area (Å²) in [5.41, 5.74) is 1.22. The maximum absolute atomic E-state index is 12.3. The summed E-state index contributed by atoms with van der Waals surface area (Å²) in [6.07, 6.45) is 3.11. The standard InChI is InChI=1S/C23H18BrClN2O2S/c24-21-14-19(29-23(21)30-20-10-8-18(25)9-11-20)13-17(15-26)22(28)27-12-4-7-16-5-2-1-3-6-16/h1-3,5-6,8-11,13-14H,4,7,12H2,(H,27,28)/b17-13-. The molecule has 0 fully saturated rings. The Morgan fingerprint density at radius 3 is 2.63 bits per heavy atom. The van der Waals surface area contributed by atoms with Crippen LogP contribution in [0.1, 0.15) is 17.7 Å². The van der Waals surface area contributed by atoms with Gasteiger partial charge in [-0.05, 0) is 64.7 Å². The Morgan fingerprint density at radius 2 is 1.93 bits per heavy atom. The number of nitrogens with zero attached hydrogens (tertiary/aromatic N) is 1. The molecule has 152 valence electrons. The second kappa shape index (κ2) is 11.1. The van der Waals surface area contributed by atoms with Crippen LogP contribution in [0.5, 0.6) is 0 Å². The van der Waals surface area contributed by atoms with E-state index in [0.29, 0.717) is 22.4 Å². The van der Waals surface area contributed by atoms with E-state index in [9.17, 15) is 10.1 Å². The summed E-state index contributed by atoms with van der Waals surface area (Å²) in [7, 11) is 0. The van der Waals surface area contributed by atoms with Crippen molar-refractivity contribution in [2.24, 2.45) is 0 Å². The van der Waals surface area contributed by atoms with Crippen LogP contribution in [0.4, 0.5) is 0 Å². The number of benzene rings is 2. The van der Waals surface area contributed by atoms with Crippen LogP contribution in [0, 0.1) is 11.3 Å². The van der Waals surface area contributed by atoms with Gasteiger partial charge in [-0.25, -0.2) is 0 Å². The number of nitrogens with one attached hydrogen (secondary N) is 1. The molecule has 0 spiro atoms. The minimum absolute atomic E-state index is 0.000922. The quantitative estimate of drug-likeness (QED) is 0.217. The maximum Gasteiger partial charge on any atom is 0.262 e. The van der Waals surface area contributed by atoms with Crippen LogP contribution in [0.2, 0.25) is 5.02 Å². The zero-order valence-electron chi connectivity index (χ0n) is 15.9. The largest absolute Gasteiger partial charge is 0.449 e. The molecule has 0 saturated carbocycles. The minimum Gasteiger partial charge on any atom is -0.449 e. The molecule has 7 heteroatoms. The molecule has 0 atom stereocenters. The van der Waals surface area contributed by atoms with Gasteiger partial charge in [0.2, 0.25) is 0 Å². The average molecular weight is 502 g/mol. The van der Waals surface area contributed by atoms with Crippen molar-refractivity contribution in [1.82, 2.24) is 5.32 Å². The lowest BCUT2D eigenvalue weighted by atomic mass is 10.1. The van der Waals surface area contributed by atoms with E-state index < -0.39 is 5.91 Å². The summed E-state index contributed by atoms with van der Waals surface area (Å²) < 4.78 is 6.53. The Labute approximate surface area is 193 Å². The first kappa shape index (κ1) is 22.2. The normalized spacial score (nSPS) is 11.2. The summed E-state index contributed by atoms with van der Waals surface area (Å²) in [4.78, 5) is 13.3. The van der Waals surface area contributed by atoms with E-state index in [2.05, 4.69) is 33.4 Å². The smallest absolute Gasteiger partial charge is 0.262 e. The number of hydrogen-bond donors (Lipinski definition) is 1. The van der Waals surface area contributed by atoms with Crippen LogP contribution >= 0.6 is 39.3 Å². The van der Waals surface area contributed by atoms with E-state index in [1.807, 2.05) is 36.4 Å². The van der Waals surface area contributed by atoms with Crippen molar-refractivity contribution in [1.29, 1.82) is 5.26 Å². The third kappa shape index (κ3) is 6.53. The summed E-state index contributed by atoms with van der Waals surface area (Å²) in [5.74, 6) is 0.0133. The second-order valence-electron chi connectivity index (χ2n) is 6.36. The van der Waals surface area contributed by atoms with Gasteiger partial charge < -0.3 is 9.73 Å². The van der Waals surface area contributed by atoms with Crippen LogP contribution in [0.25, 0.3) is 6.08 Å². The van der Waals surface area contributed by atoms with Gasteiger partial charge in [0.1, 0.15) is 17.4 Å². The first-order chi connectivity index (χ1) is 14.5. The average Bonchev–Trinajstić information content (AvgIpc) is 3.10. The van der Waals surface area contributed by atoms with E-state index in [-0.39, 0.29) is 5.57 Å². The van der Waals surface area contributed by atoms with Crippen molar-refractivity contribution >= 4 is 51.3 Å². The van der Waals surface area contributed by atoms with Crippen molar-refractivity contribution in [2.75, 3.05) is 6.54 Å². The van der Waals surface area contributed by atoms with E-state index in [1.54, 1.807) is 18.2 Å². The molecule has 0 unspecified atom stereocenters. The molecule has 1 heterocycles. The van der Waals surface area contributed by atoms with E-state index in [4.69, 9.17) is 16.0 Å². The topological polar surface area (TPSA) is 66.0 Å². The van der Waals surface area contributed by atoms with Gasteiger partial charge in [0.15, 0.2) is 5.09 Å². The number of carbonyl (C=O) groups is 1. The van der Waals surface area contributed by atoms with Gasteiger partial charge in [-0.15, -0.1) is 0 Å². The van der Waals surface area contributed by atoms with Crippen LogP contribution in [-0.4, -0.2) is 12.5 Å². The molecule has 0 bridgehead atoms. The van der Waals surface area contributed by atoms with Crippen LogP contribution in [0.3, 0.4) is 0 Å². The molecule has 0 aliphatic heterocycles. The molecule has 30 heavy (non-hydrogen) atoms. The number of furan rings is 1. The molecular weight excluding hydrogens is 484 g/mol. The summed E-state index contributed by atoms with van der Waals surface area (Å²) in [5, 5.41) is 13.5.